The zero-order chi connectivity index (χ0) is 23.3. The zero-order valence-electron chi connectivity index (χ0n) is 19.6. The van der Waals surface area contributed by atoms with Gasteiger partial charge < -0.3 is 9.26 Å². The van der Waals surface area contributed by atoms with Crippen LogP contribution >= 0.6 is 11.3 Å². The van der Waals surface area contributed by atoms with Crippen molar-refractivity contribution in [3.63, 3.8) is 0 Å². The molecule has 0 fully saturated rings. The Hall–Kier alpha value is -2.97. The molecule has 0 saturated carbocycles. The van der Waals surface area contributed by atoms with E-state index >= 15 is 0 Å². The van der Waals surface area contributed by atoms with Gasteiger partial charge in [0.15, 0.2) is 0 Å². The Bertz CT molecular complexity index is 1360. The zero-order valence-corrected chi connectivity index (χ0v) is 20.5. The highest BCUT2D eigenvalue weighted by Gasteiger charge is 2.27. The fourth-order valence-corrected chi connectivity index (χ4v) is 5.93. The molecule has 3 aromatic heterocycles. The maximum atomic E-state index is 13.4. The summed E-state index contributed by atoms with van der Waals surface area (Å²) in [5.41, 5.74) is 4.48. The first kappa shape index (κ1) is 21.9. The van der Waals surface area contributed by atoms with Crippen LogP contribution in [0.1, 0.15) is 41.3 Å². The fourth-order valence-electron chi connectivity index (χ4n) is 4.57. The molecule has 8 heteroatoms. The second-order valence-corrected chi connectivity index (χ2v) is 9.94. The third-order valence-corrected chi connectivity index (χ3v) is 7.82. The number of hydrogen-bond acceptors (Lipinski definition) is 7. The number of hydrogen-bond donors (Lipinski definition) is 0. The lowest BCUT2D eigenvalue weighted by Crippen LogP contribution is -2.35. The summed E-state index contributed by atoms with van der Waals surface area (Å²) in [6, 6.07) is 8.26. The lowest BCUT2D eigenvalue weighted by molar-refractivity contribution is 0.206. The summed E-state index contributed by atoms with van der Waals surface area (Å²) in [7, 11) is 1.65. The van der Waals surface area contributed by atoms with Gasteiger partial charge in [0.2, 0.25) is 0 Å². The Morgan fingerprint density at radius 2 is 1.97 bits per heavy atom. The van der Waals surface area contributed by atoms with E-state index in [1.54, 1.807) is 23.0 Å². The second-order valence-electron chi connectivity index (χ2n) is 8.86. The molecule has 0 aliphatic carbocycles. The minimum atomic E-state index is -0.257. The quantitative estimate of drug-likeness (QED) is 0.431. The summed E-state index contributed by atoms with van der Waals surface area (Å²) in [5, 5.41) is 5.16. The molecule has 0 spiro atoms. The molecule has 0 atom stereocenters. The number of methoxy groups -OCH3 is 1. The van der Waals surface area contributed by atoms with Gasteiger partial charge in [-0.05, 0) is 63.9 Å². The first-order valence-corrected chi connectivity index (χ1v) is 12.0. The van der Waals surface area contributed by atoms with Crippen LogP contribution in [0.2, 0.25) is 0 Å². The number of rotatable bonds is 5. The molecule has 0 N–H and O–H groups in total. The third-order valence-electron chi connectivity index (χ3n) is 6.58. The normalized spacial score (nSPS) is 14.2. The van der Waals surface area contributed by atoms with Crippen molar-refractivity contribution in [3.05, 3.63) is 62.2 Å². The van der Waals surface area contributed by atoms with E-state index in [4.69, 9.17) is 9.26 Å². The number of nitrogens with zero attached hydrogens (tertiary/aromatic N) is 4. The predicted molar refractivity (Wildman–Crippen MR) is 130 cm³/mol. The van der Waals surface area contributed by atoms with E-state index in [1.165, 1.54) is 10.4 Å². The smallest absolute Gasteiger partial charge is 0.349 e. The van der Waals surface area contributed by atoms with Crippen LogP contribution in [0.4, 0.5) is 0 Å². The van der Waals surface area contributed by atoms with Crippen molar-refractivity contribution < 1.29 is 9.26 Å². The Morgan fingerprint density at radius 3 is 2.61 bits per heavy atom. The molecule has 172 valence electrons. The van der Waals surface area contributed by atoms with Crippen molar-refractivity contribution in [1.82, 2.24) is 19.6 Å². The molecule has 0 radical (unpaired) electrons. The minimum absolute atomic E-state index is 0.257. The van der Waals surface area contributed by atoms with E-state index in [1.807, 2.05) is 38.1 Å². The molecule has 33 heavy (non-hydrogen) atoms. The molecule has 4 heterocycles. The van der Waals surface area contributed by atoms with Gasteiger partial charge in [0.25, 0.3) is 0 Å². The molecular weight excluding hydrogens is 436 g/mol. The van der Waals surface area contributed by atoms with Gasteiger partial charge in [0.05, 0.1) is 25.0 Å². The van der Waals surface area contributed by atoms with E-state index in [0.29, 0.717) is 12.6 Å². The van der Waals surface area contributed by atoms with Crippen LogP contribution in [0.3, 0.4) is 0 Å². The van der Waals surface area contributed by atoms with Crippen LogP contribution < -0.4 is 10.4 Å². The Balaban J connectivity index is 1.74. The average molecular weight is 465 g/mol. The minimum Gasteiger partial charge on any atom is -0.497 e. The van der Waals surface area contributed by atoms with Gasteiger partial charge in [-0.25, -0.2) is 4.79 Å². The first-order chi connectivity index (χ1) is 15.9. The molecule has 0 unspecified atom stereocenters. The molecule has 0 bridgehead atoms. The van der Waals surface area contributed by atoms with Crippen molar-refractivity contribution in [2.75, 3.05) is 13.7 Å². The number of ether oxygens (including phenoxy) is 1. The highest BCUT2D eigenvalue weighted by molar-refractivity contribution is 7.19. The van der Waals surface area contributed by atoms with Crippen LogP contribution in [0, 0.1) is 13.8 Å². The summed E-state index contributed by atoms with van der Waals surface area (Å²) < 4.78 is 12.5. The fraction of sp³-hybridized carbons (Fsp3) is 0.400. The highest BCUT2D eigenvalue weighted by atomic mass is 32.1. The maximum Gasteiger partial charge on any atom is 0.349 e. The molecule has 7 nitrogen and oxygen atoms in total. The molecular formula is C25H28N4O3S. The Morgan fingerprint density at radius 1 is 1.21 bits per heavy atom. The number of aromatic nitrogens is 3. The van der Waals surface area contributed by atoms with Crippen molar-refractivity contribution in [3.8, 4) is 17.0 Å². The SMILES string of the molecule is COc1ccc(-c2nc(=O)n(Cc3c(C)noc3C)c3sc4c(c23)CCN(C(C)C)C4)cc1. The molecule has 4 aromatic rings. The van der Waals surface area contributed by atoms with Gasteiger partial charge in [0.1, 0.15) is 16.3 Å². The monoisotopic (exact) mass is 464 g/mol. The second kappa shape index (κ2) is 8.43. The van der Waals surface area contributed by atoms with Crippen molar-refractivity contribution in [2.24, 2.45) is 0 Å². The van der Waals surface area contributed by atoms with Crippen LogP contribution in [0.5, 0.6) is 5.75 Å². The summed E-state index contributed by atoms with van der Waals surface area (Å²) in [4.78, 5) is 22.7. The molecule has 5 rings (SSSR count). The highest BCUT2D eigenvalue weighted by Crippen LogP contribution is 2.40. The van der Waals surface area contributed by atoms with E-state index in [0.717, 1.165) is 63.8 Å². The maximum absolute atomic E-state index is 13.4. The van der Waals surface area contributed by atoms with Gasteiger partial charge >= 0.3 is 5.69 Å². The van der Waals surface area contributed by atoms with Crippen LogP contribution in [0.25, 0.3) is 21.5 Å². The van der Waals surface area contributed by atoms with Crippen LogP contribution in [-0.4, -0.2) is 39.3 Å². The Kier molecular flexibility index (Phi) is 5.58. The van der Waals surface area contributed by atoms with E-state index < -0.39 is 0 Å². The largest absolute Gasteiger partial charge is 0.497 e. The number of aryl methyl sites for hydroxylation is 2. The van der Waals surface area contributed by atoms with Gasteiger partial charge in [0, 0.05) is 40.5 Å². The van der Waals surface area contributed by atoms with Gasteiger partial charge in [-0.15, -0.1) is 11.3 Å². The number of benzene rings is 1. The summed E-state index contributed by atoms with van der Waals surface area (Å²) >= 11 is 1.72. The molecule has 1 aliphatic heterocycles. The summed E-state index contributed by atoms with van der Waals surface area (Å²) in [6.45, 7) is 10.6. The predicted octanol–water partition coefficient (Wildman–Crippen LogP) is 4.55. The standard InChI is InChI=1S/C25H28N4O3S/c1-14(2)28-11-10-19-21(13-28)33-24-22(19)23(17-6-8-18(31-5)9-7-17)26-25(30)29(24)12-20-15(3)27-32-16(20)4/h6-9,14H,10-13H2,1-5H3. The lowest BCUT2D eigenvalue weighted by atomic mass is 9.99. The molecule has 0 saturated heterocycles. The molecule has 0 amide bonds. The van der Waals surface area contributed by atoms with E-state index in [-0.39, 0.29) is 5.69 Å². The summed E-state index contributed by atoms with van der Waals surface area (Å²) in [5.74, 6) is 1.51. The van der Waals surface area contributed by atoms with E-state index in [9.17, 15) is 4.79 Å². The van der Waals surface area contributed by atoms with Crippen molar-refractivity contribution in [1.29, 1.82) is 0 Å². The lowest BCUT2D eigenvalue weighted by Gasteiger charge is -2.30. The number of thiophene rings is 1. The summed E-state index contributed by atoms with van der Waals surface area (Å²) in [6.07, 6.45) is 0.946. The first-order valence-electron chi connectivity index (χ1n) is 11.2. The Labute approximate surface area is 196 Å². The van der Waals surface area contributed by atoms with Gasteiger partial charge in [-0.1, -0.05) is 5.16 Å². The van der Waals surface area contributed by atoms with Crippen molar-refractivity contribution >= 4 is 21.6 Å². The third kappa shape index (κ3) is 3.77. The van der Waals surface area contributed by atoms with Crippen LogP contribution in [0.15, 0.2) is 33.6 Å². The topological polar surface area (TPSA) is 73.4 Å². The number of fused-ring (bicyclic) bond motifs is 3. The van der Waals surface area contributed by atoms with Crippen molar-refractivity contribution in [2.45, 2.75) is 53.2 Å². The molecule has 1 aliphatic rings. The van der Waals surface area contributed by atoms with Gasteiger partial charge in [-0.2, -0.15) is 4.98 Å². The van der Waals surface area contributed by atoms with E-state index in [2.05, 4.69) is 28.9 Å². The average Bonchev–Trinajstić information content (AvgIpc) is 3.34. The van der Waals surface area contributed by atoms with Crippen LogP contribution in [-0.2, 0) is 19.5 Å². The molecule has 1 aromatic carbocycles. The van der Waals surface area contributed by atoms with Gasteiger partial charge in [-0.3, -0.25) is 9.47 Å².